The molecule has 3 heteroatoms. The maximum absolute atomic E-state index is 13.2. The summed E-state index contributed by atoms with van der Waals surface area (Å²) < 4.78 is 18.0. The molecule has 0 heterocycles. The minimum Gasteiger partial charge on any atom is -0.494 e. The van der Waals surface area contributed by atoms with Crippen LogP contribution in [0.5, 0.6) is 5.75 Å². The number of halogens is 1. The minimum absolute atomic E-state index is 0.294. The number of rotatable bonds is 5. The molecule has 0 spiro atoms. The third-order valence-electron chi connectivity index (χ3n) is 2.14. The lowest BCUT2D eigenvalue weighted by molar-refractivity contribution is 0.386. The number of ether oxygens (including phenoxy) is 1. The van der Waals surface area contributed by atoms with Crippen LogP contribution in [0.2, 0.25) is 0 Å². The highest BCUT2D eigenvalue weighted by Gasteiger charge is 2.02. The largest absolute Gasteiger partial charge is 0.494 e. The van der Waals surface area contributed by atoms with E-state index >= 15 is 0 Å². The number of hydrogen-bond donors (Lipinski definition) is 1. The Morgan fingerprint density at radius 3 is 2.71 bits per heavy atom. The van der Waals surface area contributed by atoms with Crippen molar-refractivity contribution in [1.82, 2.24) is 0 Å². The number of unbranched alkanes of at least 4 members (excludes halogenated alkanes) is 1. The Balaban J connectivity index is 2.57. The molecule has 2 N–H and O–H groups in total. The van der Waals surface area contributed by atoms with Gasteiger partial charge in [0.05, 0.1) is 7.11 Å². The molecule has 0 fully saturated rings. The van der Waals surface area contributed by atoms with E-state index in [-0.39, 0.29) is 5.82 Å². The Morgan fingerprint density at radius 2 is 2.14 bits per heavy atom. The van der Waals surface area contributed by atoms with Gasteiger partial charge in [-0.2, -0.15) is 0 Å². The Labute approximate surface area is 83.9 Å². The molecular weight excluding hydrogens is 181 g/mol. The molecule has 0 saturated heterocycles. The van der Waals surface area contributed by atoms with Crippen molar-refractivity contribution in [3.8, 4) is 5.75 Å². The van der Waals surface area contributed by atoms with E-state index in [9.17, 15) is 4.39 Å². The second kappa shape index (κ2) is 5.60. The standard InChI is InChI=1S/C11H16FNO/c1-14-11-6-5-9(8-10(11)12)4-2-3-7-13/h5-6,8H,2-4,7,13H2,1H3. The summed E-state index contributed by atoms with van der Waals surface area (Å²) in [4.78, 5) is 0. The van der Waals surface area contributed by atoms with Crippen LogP contribution in [0, 0.1) is 5.82 Å². The topological polar surface area (TPSA) is 35.2 Å². The van der Waals surface area contributed by atoms with Gasteiger partial charge in [0.15, 0.2) is 11.6 Å². The minimum atomic E-state index is -0.294. The van der Waals surface area contributed by atoms with Crippen molar-refractivity contribution in [2.45, 2.75) is 19.3 Å². The molecule has 0 aromatic heterocycles. The van der Waals surface area contributed by atoms with Crippen LogP contribution in [0.15, 0.2) is 18.2 Å². The molecule has 0 aliphatic carbocycles. The lowest BCUT2D eigenvalue weighted by Crippen LogP contribution is -1.99. The predicted molar refractivity (Wildman–Crippen MR) is 54.9 cm³/mol. The Morgan fingerprint density at radius 1 is 1.36 bits per heavy atom. The lowest BCUT2D eigenvalue weighted by Gasteiger charge is -2.04. The first-order chi connectivity index (χ1) is 6.77. The van der Waals surface area contributed by atoms with Crippen LogP contribution in [0.4, 0.5) is 4.39 Å². The number of hydrogen-bond acceptors (Lipinski definition) is 2. The molecule has 0 aliphatic rings. The first-order valence-corrected chi connectivity index (χ1v) is 4.80. The second-order valence-electron chi connectivity index (χ2n) is 3.21. The zero-order valence-corrected chi connectivity index (χ0v) is 8.42. The quantitative estimate of drug-likeness (QED) is 0.734. The normalized spacial score (nSPS) is 10.2. The fourth-order valence-electron chi connectivity index (χ4n) is 1.34. The van der Waals surface area contributed by atoms with Gasteiger partial charge < -0.3 is 10.5 Å². The van der Waals surface area contributed by atoms with Gasteiger partial charge in [0.1, 0.15) is 0 Å². The first-order valence-electron chi connectivity index (χ1n) is 4.80. The van der Waals surface area contributed by atoms with E-state index in [1.165, 1.54) is 13.2 Å². The summed E-state index contributed by atoms with van der Waals surface area (Å²) >= 11 is 0. The molecule has 78 valence electrons. The van der Waals surface area contributed by atoms with E-state index in [0.717, 1.165) is 24.8 Å². The van der Waals surface area contributed by atoms with Crippen LogP contribution in [0.3, 0.4) is 0 Å². The van der Waals surface area contributed by atoms with E-state index in [4.69, 9.17) is 10.5 Å². The Kier molecular flexibility index (Phi) is 4.40. The van der Waals surface area contributed by atoms with E-state index in [2.05, 4.69) is 0 Å². The van der Waals surface area contributed by atoms with E-state index in [1.807, 2.05) is 6.07 Å². The first kappa shape index (κ1) is 11.0. The van der Waals surface area contributed by atoms with Crippen LogP contribution in [0.1, 0.15) is 18.4 Å². The zero-order valence-electron chi connectivity index (χ0n) is 8.42. The molecular formula is C11H16FNO. The molecule has 14 heavy (non-hydrogen) atoms. The van der Waals surface area contributed by atoms with Crippen LogP contribution >= 0.6 is 0 Å². The van der Waals surface area contributed by atoms with Gasteiger partial charge in [0.2, 0.25) is 0 Å². The molecule has 1 aromatic rings. The maximum Gasteiger partial charge on any atom is 0.165 e. The number of aryl methyl sites for hydroxylation is 1. The van der Waals surface area contributed by atoms with Gasteiger partial charge in [0.25, 0.3) is 0 Å². The molecule has 0 amide bonds. The van der Waals surface area contributed by atoms with Crippen LogP contribution in [0.25, 0.3) is 0 Å². The summed E-state index contributed by atoms with van der Waals surface area (Å²) in [5, 5.41) is 0. The molecule has 0 bridgehead atoms. The summed E-state index contributed by atoms with van der Waals surface area (Å²) in [6.45, 7) is 0.693. The summed E-state index contributed by atoms with van der Waals surface area (Å²) in [5.41, 5.74) is 6.37. The fraction of sp³-hybridized carbons (Fsp3) is 0.455. The number of benzene rings is 1. The van der Waals surface area contributed by atoms with Crippen molar-refractivity contribution in [2.75, 3.05) is 13.7 Å². The van der Waals surface area contributed by atoms with E-state index in [0.29, 0.717) is 12.3 Å². The van der Waals surface area contributed by atoms with Gasteiger partial charge in [0, 0.05) is 0 Å². The van der Waals surface area contributed by atoms with Crippen molar-refractivity contribution in [3.63, 3.8) is 0 Å². The summed E-state index contributed by atoms with van der Waals surface area (Å²) in [6.07, 6.45) is 2.86. The fourth-order valence-corrected chi connectivity index (χ4v) is 1.34. The summed E-state index contributed by atoms with van der Waals surface area (Å²) in [6, 6.07) is 5.07. The van der Waals surface area contributed by atoms with E-state index in [1.54, 1.807) is 6.07 Å². The Bertz CT molecular complexity index is 289. The average molecular weight is 197 g/mol. The van der Waals surface area contributed by atoms with Crippen LogP contribution in [-0.2, 0) is 6.42 Å². The van der Waals surface area contributed by atoms with Gasteiger partial charge in [-0.1, -0.05) is 6.07 Å². The summed E-state index contributed by atoms with van der Waals surface area (Å²) in [7, 11) is 1.46. The highest BCUT2D eigenvalue weighted by atomic mass is 19.1. The molecule has 2 nitrogen and oxygen atoms in total. The second-order valence-corrected chi connectivity index (χ2v) is 3.21. The van der Waals surface area contributed by atoms with Crippen molar-refractivity contribution in [1.29, 1.82) is 0 Å². The lowest BCUT2D eigenvalue weighted by atomic mass is 10.1. The average Bonchev–Trinajstić information content (AvgIpc) is 2.18. The molecule has 1 aromatic carbocycles. The highest BCUT2D eigenvalue weighted by Crippen LogP contribution is 2.18. The van der Waals surface area contributed by atoms with Gasteiger partial charge in [-0.3, -0.25) is 0 Å². The number of methoxy groups -OCH3 is 1. The molecule has 0 atom stereocenters. The van der Waals surface area contributed by atoms with Crippen molar-refractivity contribution < 1.29 is 9.13 Å². The van der Waals surface area contributed by atoms with Crippen LogP contribution in [-0.4, -0.2) is 13.7 Å². The molecule has 0 aliphatic heterocycles. The Hall–Kier alpha value is -1.09. The predicted octanol–water partition coefficient (Wildman–Crippen LogP) is 2.12. The zero-order chi connectivity index (χ0) is 10.4. The van der Waals surface area contributed by atoms with Crippen LogP contribution < -0.4 is 10.5 Å². The monoisotopic (exact) mass is 197 g/mol. The third kappa shape index (κ3) is 3.00. The van der Waals surface area contributed by atoms with Crippen molar-refractivity contribution in [3.05, 3.63) is 29.6 Å². The van der Waals surface area contributed by atoms with Gasteiger partial charge >= 0.3 is 0 Å². The summed E-state index contributed by atoms with van der Waals surface area (Å²) in [5.74, 6) is 0.00493. The maximum atomic E-state index is 13.2. The third-order valence-corrected chi connectivity index (χ3v) is 2.14. The molecule has 0 saturated carbocycles. The van der Waals surface area contributed by atoms with Gasteiger partial charge in [-0.25, -0.2) is 4.39 Å². The SMILES string of the molecule is COc1ccc(CCCCN)cc1F. The smallest absolute Gasteiger partial charge is 0.165 e. The van der Waals surface area contributed by atoms with Crippen molar-refractivity contribution >= 4 is 0 Å². The van der Waals surface area contributed by atoms with Gasteiger partial charge in [-0.15, -0.1) is 0 Å². The molecule has 0 radical (unpaired) electrons. The van der Waals surface area contributed by atoms with E-state index < -0.39 is 0 Å². The highest BCUT2D eigenvalue weighted by molar-refractivity contribution is 5.29. The molecule has 1 rings (SSSR count). The molecule has 0 unspecified atom stereocenters. The number of nitrogens with two attached hydrogens (primary N) is 1. The van der Waals surface area contributed by atoms with Crippen molar-refractivity contribution in [2.24, 2.45) is 5.73 Å². The van der Waals surface area contributed by atoms with Gasteiger partial charge in [-0.05, 0) is 43.5 Å².